The van der Waals surface area contributed by atoms with Gasteiger partial charge in [0.1, 0.15) is 11.5 Å². The van der Waals surface area contributed by atoms with E-state index in [4.69, 9.17) is 4.98 Å². The molecule has 0 radical (unpaired) electrons. The Morgan fingerprint density at radius 3 is 2.27 bits per heavy atom. The van der Waals surface area contributed by atoms with Crippen LogP contribution >= 0.6 is 0 Å². The molecule has 2 aromatic heterocycles. The lowest BCUT2D eigenvalue weighted by Gasteiger charge is -2.41. The molecule has 0 atom stereocenters. The fourth-order valence-electron chi connectivity index (χ4n) is 5.38. The number of aromatic nitrogens is 2. The summed E-state index contributed by atoms with van der Waals surface area (Å²) in [4.78, 5) is 25.2. The van der Waals surface area contributed by atoms with Gasteiger partial charge >= 0.3 is 0 Å². The van der Waals surface area contributed by atoms with Gasteiger partial charge in [0.05, 0.1) is 0 Å². The maximum Gasteiger partial charge on any atom is 0.271 e. The van der Waals surface area contributed by atoms with Crippen LogP contribution in [0.5, 0.6) is 0 Å². The van der Waals surface area contributed by atoms with E-state index in [1.54, 1.807) is 0 Å². The maximum atomic E-state index is 13.6. The van der Waals surface area contributed by atoms with Crippen LogP contribution in [0.15, 0.2) is 36.7 Å². The predicted molar refractivity (Wildman–Crippen MR) is 134 cm³/mol. The van der Waals surface area contributed by atoms with Gasteiger partial charge in [-0.15, -0.1) is 0 Å². The second kappa shape index (κ2) is 9.88. The minimum absolute atomic E-state index is 0.129. The van der Waals surface area contributed by atoms with Gasteiger partial charge in [-0.2, -0.15) is 0 Å². The zero-order chi connectivity index (χ0) is 23.6. The molecule has 0 unspecified atom stereocenters. The van der Waals surface area contributed by atoms with Gasteiger partial charge in [-0.05, 0) is 67.8 Å². The number of amides is 1. The van der Waals surface area contributed by atoms with E-state index >= 15 is 0 Å². The first-order valence-electron chi connectivity index (χ1n) is 12.5. The topological polar surface area (TPSA) is 44.6 Å². The number of anilines is 1. The summed E-state index contributed by atoms with van der Waals surface area (Å²) < 4.78 is 1.94. The molecule has 0 aromatic carbocycles. The molecule has 33 heavy (non-hydrogen) atoms. The summed E-state index contributed by atoms with van der Waals surface area (Å²) in [6.07, 6.45) is 8.45. The lowest BCUT2D eigenvalue weighted by Crippen LogP contribution is -2.45. The molecule has 1 saturated carbocycles. The van der Waals surface area contributed by atoms with Gasteiger partial charge in [0.15, 0.2) is 0 Å². The summed E-state index contributed by atoms with van der Waals surface area (Å²) in [5, 5.41) is 0. The Balaban J connectivity index is 1.49. The monoisotopic (exact) mass is 451 g/mol. The molecular formula is C27H41N5O. The molecule has 6 nitrogen and oxygen atoms in total. The van der Waals surface area contributed by atoms with E-state index in [1.165, 1.54) is 12.8 Å². The molecule has 6 heteroatoms. The van der Waals surface area contributed by atoms with Crippen molar-refractivity contribution in [2.45, 2.75) is 59.0 Å². The summed E-state index contributed by atoms with van der Waals surface area (Å²) in [6.45, 7) is 11.8. The molecule has 180 valence electrons. The molecule has 2 aromatic rings. The highest BCUT2D eigenvalue weighted by Crippen LogP contribution is 2.39. The average Bonchev–Trinajstić information content (AvgIpc) is 3.23. The van der Waals surface area contributed by atoms with Crippen molar-refractivity contribution >= 4 is 11.7 Å². The highest BCUT2D eigenvalue weighted by atomic mass is 16.2. The Kier molecular flexibility index (Phi) is 7.13. The van der Waals surface area contributed by atoms with Gasteiger partial charge in [-0.1, -0.05) is 26.8 Å². The van der Waals surface area contributed by atoms with E-state index in [9.17, 15) is 4.79 Å². The third-order valence-corrected chi connectivity index (χ3v) is 7.78. The molecule has 3 heterocycles. The minimum Gasteiger partial charge on any atom is -0.354 e. The second-order valence-corrected chi connectivity index (χ2v) is 11.1. The highest BCUT2D eigenvalue weighted by molar-refractivity contribution is 5.93. The van der Waals surface area contributed by atoms with Gasteiger partial charge in [0.25, 0.3) is 5.91 Å². The number of nitrogens with zero attached hydrogens (tertiary/aromatic N) is 5. The van der Waals surface area contributed by atoms with Crippen LogP contribution in [0.4, 0.5) is 5.82 Å². The molecule has 1 saturated heterocycles. The van der Waals surface area contributed by atoms with E-state index in [0.29, 0.717) is 12.0 Å². The van der Waals surface area contributed by atoms with E-state index in [0.717, 1.165) is 62.0 Å². The third kappa shape index (κ3) is 5.60. The molecule has 1 amide bonds. The van der Waals surface area contributed by atoms with Crippen molar-refractivity contribution in [3.8, 4) is 0 Å². The van der Waals surface area contributed by atoms with Crippen LogP contribution in [-0.2, 0) is 13.6 Å². The van der Waals surface area contributed by atoms with Gasteiger partial charge in [0, 0.05) is 58.2 Å². The molecule has 0 spiro atoms. The predicted octanol–water partition coefficient (Wildman–Crippen LogP) is 4.42. The molecular weight excluding hydrogens is 410 g/mol. The Morgan fingerprint density at radius 2 is 1.73 bits per heavy atom. The molecule has 1 aliphatic heterocycles. The third-order valence-electron chi connectivity index (χ3n) is 7.78. The Bertz CT molecular complexity index is 913. The lowest BCUT2D eigenvalue weighted by molar-refractivity contribution is 0.0521. The number of carbonyl (C=O) groups excluding carboxylic acids is 1. The van der Waals surface area contributed by atoms with E-state index in [-0.39, 0.29) is 11.9 Å². The van der Waals surface area contributed by atoms with Crippen LogP contribution in [0, 0.1) is 11.3 Å². The normalized spacial score (nSPS) is 22.4. The van der Waals surface area contributed by atoms with Crippen LogP contribution in [-0.4, -0.2) is 64.5 Å². The zero-order valence-corrected chi connectivity index (χ0v) is 21.1. The number of likely N-dealkylation sites (N-methyl/N-ethyl adjacent to an activating group) is 1. The van der Waals surface area contributed by atoms with Crippen LogP contribution in [0.2, 0.25) is 0 Å². The van der Waals surface area contributed by atoms with Gasteiger partial charge in [0.2, 0.25) is 0 Å². The number of hydrogen-bond acceptors (Lipinski definition) is 4. The molecule has 2 fully saturated rings. The molecule has 0 N–H and O–H groups in total. The zero-order valence-electron chi connectivity index (χ0n) is 21.1. The number of pyridine rings is 1. The molecule has 0 bridgehead atoms. The summed E-state index contributed by atoms with van der Waals surface area (Å²) in [5.74, 6) is 1.90. The largest absolute Gasteiger partial charge is 0.354 e. The lowest BCUT2D eigenvalue weighted by atomic mass is 9.71. The first kappa shape index (κ1) is 23.8. The van der Waals surface area contributed by atoms with Crippen LogP contribution in [0.25, 0.3) is 0 Å². The Hall–Kier alpha value is -2.34. The van der Waals surface area contributed by atoms with E-state index in [2.05, 4.69) is 54.7 Å². The Morgan fingerprint density at radius 1 is 1.03 bits per heavy atom. The maximum absolute atomic E-state index is 13.6. The smallest absolute Gasteiger partial charge is 0.271 e. The molecule has 4 rings (SSSR count). The van der Waals surface area contributed by atoms with Crippen LogP contribution in [0.1, 0.15) is 62.5 Å². The second-order valence-electron chi connectivity index (χ2n) is 11.1. The fraction of sp³-hybridized carbons (Fsp3) is 0.630. The average molecular weight is 452 g/mol. The van der Waals surface area contributed by atoms with E-state index < -0.39 is 0 Å². The molecule has 1 aliphatic carbocycles. The minimum atomic E-state index is 0.129. The number of aryl methyl sites for hydroxylation is 1. The summed E-state index contributed by atoms with van der Waals surface area (Å²) in [5.41, 5.74) is 2.20. The van der Waals surface area contributed by atoms with Crippen LogP contribution in [0.3, 0.4) is 0 Å². The van der Waals surface area contributed by atoms with Crippen molar-refractivity contribution < 1.29 is 4.79 Å². The van der Waals surface area contributed by atoms with Gasteiger partial charge in [-0.3, -0.25) is 4.79 Å². The Labute approximate surface area is 199 Å². The standard InChI is InChI=1S/C27H41N5O/c1-27(2,3)22-9-11-23(12-10-22)32(26(33)24-7-6-14-30(24)5)20-21-8-13-25(28-19-21)31-17-15-29(4)16-18-31/h6-8,13-14,19,22-23H,9-12,15-18,20H2,1-5H3. The van der Waals surface area contributed by atoms with Crippen LogP contribution < -0.4 is 4.90 Å². The highest BCUT2D eigenvalue weighted by Gasteiger charge is 2.34. The summed E-state index contributed by atoms with van der Waals surface area (Å²) >= 11 is 0. The van der Waals surface area contributed by atoms with Crippen molar-refractivity contribution in [2.75, 3.05) is 38.1 Å². The number of carbonyl (C=O) groups is 1. The van der Waals surface area contributed by atoms with Crippen molar-refractivity contribution in [3.05, 3.63) is 47.9 Å². The summed E-state index contributed by atoms with van der Waals surface area (Å²) in [6, 6.07) is 8.46. The van der Waals surface area contributed by atoms with Crippen molar-refractivity contribution in [1.29, 1.82) is 0 Å². The first-order chi connectivity index (χ1) is 15.7. The quantitative estimate of drug-likeness (QED) is 0.675. The SMILES string of the molecule is CN1CCN(c2ccc(CN(C(=O)c3cccn3C)C3CCC(C(C)(C)C)CC3)cn2)CC1. The first-order valence-corrected chi connectivity index (χ1v) is 12.5. The summed E-state index contributed by atoms with van der Waals surface area (Å²) in [7, 11) is 4.12. The fourth-order valence-corrected chi connectivity index (χ4v) is 5.38. The molecule has 2 aliphatic rings. The van der Waals surface area contributed by atoms with Crippen molar-refractivity contribution in [1.82, 2.24) is 19.4 Å². The van der Waals surface area contributed by atoms with Crippen molar-refractivity contribution in [3.63, 3.8) is 0 Å². The van der Waals surface area contributed by atoms with Crippen molar-refractivity contribution in [2.24, 2.45) is 18.4 Å². The van der Waals surface area contributed by atoms with Gasteiger partial charge in [-0.25, -0.2) is 4.98 Å². The number of rotatable bonds is 5. The van der Waals surface area contributed by atoms with E-state index in [1.807, 2.05) is 36.1 Å². The number of piperazine rings is 1. The van der Waals surface area contributed by atoms with Gasteiger partial charge < -0.3 is 19.3 Å². The number of hydrogen-bond donors (Lipinski definition) is 0.